The fourth-order valence-electron chi connectivity index (χ4n) is 2.37. The Labute approximate surface area is 136 Å². The molecule has 0 fully saturated rings. The lowest BCUT2D eigenvalue weighted by Crippen LogP contribution is -2.36. The van der Waals surface area contributed by atoms with Crippen LogP contribution < -0.4 is 10.2 Å². The van der Waals surface area contributed by atoms with Gasteiger partial charge < -0.3 is 10.2 Å². The summed E-state index contributed by atoms with van der Waals surface area (Å²) in [5, 5.41) is 2.88. The van der Waals surface area contributed by atoms with Crippen molar-refractivity contribution in [3.8, 4) is 0 Å². The van der Waals surface area contributed by atoms with Crippen LogP contribution in [-0.2, 0) is 9.59 Å². The minimum atomic E-state index is -0.0336. The molecular weight excluding hydrogens is 296 g/mol. The van der Waals surface area contributed by atoms with Crippen molar-refractivity contribution in [2.75, 3.05) is 23.7 Å². The third-order valence-electron chi connectivity index (χ3n) is 3.64. The number of carbonyl (C=O) groups is 2. The maximum Gasteiger partial charge on any atom is 0.227 e. The van der Waals surface area contributed by atoms with E-state index >= 15 is 0 Å². The van der Waals surface area contributed by atoms with Gasteiger partial charge in [-0.25, -0.2) is 0 Å². The van der Waals surface area contributed by atoms with Gasteiger partial charge in [0, 0.05) is 36.6 Å². The highest BCUT2D eigenvalue weighted by Gasteiger charge is 2.22. The fraction of sp³-hybridized carbons (Fsp3) is 0.529. The number of para-hydroxylation sites is 1. The third kappa shape index (κ3) is 4.77. The summed E-state index contributed by atoms with van der Waals surface area (Å²) in [6.07, 6.45) is 1.51. The van der Waals surface area contributed by atoms with Crippen LogP contribution in [0.2, 0.25) is 0 Å². The SMILES string of the molecule is CC(C)CCNC(=O)CCC(=O)N1CCSc2ccccc21. The molecule has 0 aliphatic carbocycles. The number of anilines is 1. The predicted molar refractivity (Wildman–Crippen MR) is 91.2 cm³/mol. The number of fused-ring (bicyclic) bond motifs is 1. The van der Waals surface area contributed by atoms with Crippen LogP contribution in [0, 0.1) is 5.92 Å². The van der Waals surface area contributed by atoms with Gasteiger partial charge in [0.05, 0.1) is 5.69 Å². The number of nitrogens with one attached hydrogen (secondary N) is 1. The number of amides is 2. The molecule has 22 heavy (non-hydrogen) atoms. The number of thioether (sulfide) groups is 1. The summed E-state index contributed by atoms with van der Waals surface area (Å²) in [4.78, 5) is 27.1. The summed E-state index contributed by atoms with van der Waals surface area (Å²) in [5.74, 6) is 1.48. The van der Waals surface area contributed by atoms with E-state index in [0.29, 0.717) is 12.5 Å². The molecule has 0 saturated heterocycles. The Balaban J connectivity index is 1.82. The molecule has 1 aromatic carbocycles. The summed E-state index contributed by atoms with van der Waals surface area (Å²) >= 11 is 1.77. The first-order valence-corrected chi connectivity index (χ1v) is 8.85. The van der Waals surface area contributed by atoms with E-state index in [2.05, 4.69) is 19.2 Å². The fourth-order valence-corrected chi connectivity index (χ4v) is 3.37. The van der Waals surface area contributed by atoms with E-state index in [1.165, 1.54) is 0 Å². The molecule has 1 aromatic rings. The van der Waals surface area contributed by atoms with Crippen LogP contribution in [0.1, 0.15) is 33.1 Å². The first-order chi connectivity index (χ1) is 10.6. The average molecular weight is 320 g/mol. The molecule has 120 valence electrons. The highest BCUT2D eigenvalue weighted by molar-refractivity contribution is 7.99. The summed E-state index contributed by atoms with van der Waals surface area (Å²) < 4.78 is 0. The van der Waals surface area contributed by atoms with Gasteiger partial charge in [0.15, 0.2) is 0 Å². The quantitative estimate of drug-likeness (QED) is 0.876. The van der Waals surface area contributed by atoms with Gasteiger partial charge in [-0.05, 0) is 24.5 Å². The standard InChI is InChI=1S/C17H24N2O2S/c1-13(2)9-10-18-16(20)7-8-17(21)19-11-12-22-15-6-4-3-5-14(15)19/h3-6,13H,7-12H2,1-2H3,(H,18,20). The Morgan fingerprint density at radius 2 is 2.05 bits per heavy atom. The molecule has 0 spiro atoms. The Hall–Kier alpha value is -1.49. The van der Waals surface area contributed by atoms with Gasteiger partial charge in [-0.3, -0.25) is 9.59 Å². The molecule has 0 aromatic heterocycles. The van der Waals surface area contributed by atoms with Crippen LogP contribution in [-0.4, -0.2) is 30.7 Å². The number of carbonyl (C=O) groups excluding carboxylic acids is 2. The highest BCUT2D eigenvalue weighted by atomic mass is 32.2. The van der Waals surface area contributed by atoms with Crippen molar-refractivity contribution in [2.24, 2.45) is 5.92 Å². The lowest BCUT2D eigenvalue weighted by atomic mass is 10.1. The first kappa shape index (κ1) is 16.9. The lowest BCUT2D eigenvalue weighted by molar-refractivity contribution is -0.125. The van der Waals surface area contributed by atoms with Gasteiger partial charge >= 0.3 is 0 Å². The molecule has 1 aliphatic rings. The van der Waals surface area contributed by atoms with Crippen LogP contribution in [0.3, 0.4) is 0 Å². The Morgan fingerprint density at radius 1 is 1.27 bits per heavy atom. The summed E-state index contributed by atoms with van der Waals surface area (Å²) in [5.41, 5.74) is 0.976. The Morgan fingerprint density at radius 3 is 2.82 bits per heavy atom. The van der Waals surface area contributed by atoms with Crippen molar-refractivity contribution in [2.45, 2.75) is 38.0 Å². The molecule has 0 saturated carbocycles. The maximum atomic E-state index is 12.4. The van der Waals surface area contributed by atoms with Crippen LogP contribution >= 0.6 is 11.8 Å². The van der Waals surface area contributed by atoms with E-state index < -0.39 is 0 Å². The molecule has 2 amide bonds. The van der Waals surface area contributed by atoms with E-state index in [1.54, 1.807) is 11.8 Å². The molecule has 0 radical (unpaired) electrons. The van der Waals surface area contributed by atoms with Crippen LogP contribution in [0.5, 0.6) is 0 Å². The number of nitrogens with zero attached hydrogens (tertiary/aromatic N) is 1. The largest absolute Gasteiger partial charge is 0.356 e. The second kappa shape index (κ2) is 8.22. The van der Waals surface area contributed by atoms with Crippen molar-refractivity contribution in [3.05, 3.63) is 24.3 Å². The van der Waals surface area contributed by atoms with E-state index in [-0.39, 0.29) is 24.7 Å². The molecule has 1 heterocycles. The van der Waals surface area contributed by atoms with Gasteiger partial charge in [-0.1, -0.05) is 26.0 Å². The monoisotopic (exact) mass is 320 g/mol. The minimum absolute atomic E-state index is 0.0336. The molecule has 0 bridgehead atoms. The highest BCUT2D eigenvalue weighted by Crippen LogP contribution is 2.34. The number of hydrogen-bond donors (Lipinski definition) is 1. The molecule has 0 atom stereocenters. The van der Waals surface area contributed by atoms with Crippen molar-refractivity contribution in [3.63, 3.8) is 0 Å². The lowest BCUT2D eigenvalue weighted by Gasteiger charge is -2.29. The first-order valence-electron chi connectivity index (χ1n) is 7.87. The zero-order valence-electron chi connectivity index (χ0n) is 13.3. The summed E-state index contributed by atoms with van der Waals surface area (Å²) in [6.45, 7) is 5.66. The van der Waals surface area contributed by atoms with Crippen LogP contribution in [0.15, 0.2) is 29.2 Å². The van der Waals surface area contributed by atoms with Crippen molar-refractivity contribution < 1.29 is 9.59 Å². The number of rotatable bonds is 6. The minimum Gasteiger partial charge on any atom is -0.356 e. The molecule has 5 heteroatoms. The van der Waals surface area contributed by atoms with Crippen molar-refractivity contribution >= 4 is 29.3 Å². The second-order valence-electron chi connectivity index (χ2n) is 5.89. The zero-order chi connectivity index (χ0) is 15.9. The smallest absolute Gasteiger partial charge is 0.227 e. The normalized spacial score (nSPS) is 13.9. The van der Waals surface area contributed by atoms with Crippen LogP contribution in [0.4, 0.5) is 5.69 Å². The third-order valence-corrected chi connectivity index (χ3v) is 4.68. The van der Waals surface area contributed by atoms with E-state index in [4.69, 9.17) is 0 Å². The molecule has 2 rings (SSSR count). The number of benzene rings is 1. The Kier molecular flexibility index (Phi) is 6.31. The molecule has 1 aliphatic heterocycles. The van der Waals surface area contributed by atoms with Gasteiger partial charge in [0.2, 0.25) is 11.8 Å². The van der Waals surface area contributed by atoms with Gasteiger partial charge in [-0.2, -0.15) is 0 Å². The molecule has 4 nitrogen and oxygen atoms in total. The molecule has 0 unspecified atom stereocenters. The van der Waals surface area contributed by atoms with E-state index in [9.17, 15) is 9.59 Å². The molecule has 1 N–H and O–H groups in total. The number of hydrogen-bond acceptors (Lipinski definition) is 3. The Bertz CT molecular complexity index is 531. The van der Waals surface area contributed by atoms with Crippen molar-refractivity contribution in [1.29, 1.82) is 0 Å². The average Bonchev–Trinajstić information content (AvgIpc) is 2.51. The van der Waals surface area contributed by atoms with Gasteiger partial charge in [-0.15, -0.1) is 11.8 Å². The zero-order valence-corrected chi connectivity index (χ0v) is 14.1. The van der Waals surface area contributed by atoms with E-state index in [1.807, 2.05) is 29.2 Å². The second-order valence-corrected chi connectivity index (χ2v) is 7.03. The van der Waals surface area contributed by atoms with Gasteiger partial charge in [0.1, 0.15) is 0 Å². The van der Waals surface area contributed by atoms with E-state index in [0.717, 1.165) is 29.3 Å². The predicted octanol–water partition coefficient (Wildman–Crippen LogP) is 3.07. The van der Waals surface area contributed by atoms with Crippen molar-refractivity contribution in [1.82, 2.24) is 5.32 Å². The topological polar surface area (TPSA) is 49.4 Å². The molecular formula is C17H24N2O2S. The maximum absolute atomic E-state index is 12.4. The summed E-state index contributed by atoms with van der Waals surface area (Å²) in [6, 6.07) is 7.95. The van der Waals surface area contributed by atoms with Gasteiger partial charge in [0.25, 0.3) is 0 Å². The summed E-state index contributed by atoms with van der Waals surface area (Å²) in [7, 11) is 0. The van der Waals surface area contributed by atoms with Crippen LogP contribution in [0.25, 0.3) is 0 Å².